The topological polar surface area (TPSA) is 3.24 Å². The van der Waals surface area contributed by atoms with Crippen LogP contribution in [0, 0.1) is 11.8 Å². The molecule has 102 valence electrons. The fourth-order valence-corrected chi connectivity index (χ4v) is 3.37. The highest BCUT2D eigenvalue weighted by Gasteiger charge is 2.20. The van der Waals surface area contributed by atoms with Gasteiger partial charge in [-0.2, -0.15) is 0 Å². The second kappa shape index (κ2) is 8.97. The van der Waals surface area contributed by atoms with Gasteiger partial charge in [0.2, 0.25) is 0 Å². The highest BCUT2D eigenvalue weighted by Crippen LogP contribution is 2.24. The van der Waals surface area contributed by atoms with Crippen LogP contribution in [0.15, 0.2) is 0 Å². The molecule has 1 nitrogen and oxygen atoms in total. The lowest BCUT2D eigenvalue weighted by Crippen LogP contribution is -2.37. The third-order valence-corrected chi connectivity index (χ3v) is 4.31. The molecular weight excluding hydrogens is 206 g/mol. The van der Waals surface area contributed by atoms with Crippen molar-refractivity contribution in [2.45, 2.75) is 72.1 Å². The molecular formula is C16H33N. The molecule has 1 heteroatoms. The summed E-state index contributed by atoms with van der Waals surface area (Å²) in [4.78, 5) is 2.74. The van der Waals surface area contributed by atoms with E-state index in [0.29, 0.717) is 0 Å². The molecule has 1 aliphatic heterocycles. The van der Waals surface area contributed by atoms with E-state index in [2.05, 4.69) is 25.7 Å². The first-order valence-electron chi connectivity index (χ1n) is 8.02. The van der Waals surface area contributed by atoms with Gasteiger partial charge in [0, 0.05) is 6.54 Å². The highest BCUT2D eigenvalue weighted by atomic mass is 15.1. The zero-order valence-electron chi connectivity index (χ0n) is 12.4. The third kappa shape index (κ3) is 5.90. The van der Waals surface area contributed by atoms with E-state index in [1.807, 2.05) is 0 Å². The monoisotopic (exact) mass is 239 g/mol. The van der Waals surface area contributed by atoms with Crippen LogP contribution in [0.2, 0.25) is 0 Å². The largest absolute Gasteiger partial charge is 0.303 e. The molecule has 1 rings (SSSR count). The van der Waals surface area contributed by atoms with Crippen molar-refractivity contribution in [1.82, 2.24) is 4.90 Å². The minimum absolute atomic E-state index is 0.965. The van der Waals surface area contributed by atoms with E-state index in [4.69, 9.17) is 0 Å². The summed E-state index contributed by atoms with van der Waals surface area (Å²) in [6.07, 6.45) is 11.3. The lowest BCUT2D eigenvalue weighted by Gasteiger charge is -2.34. The van der Waals surface area contributed by atoms with Crippen LogP contribution in [0.25, 0.3) is 0 Å². The van der Waals surface area contributed by atoms with Gasteiger partial charge in [0.25, 0.3) is 0 Å². The maximum absolute atomic E-state index is 2.74. The molecule has 0 aliphatic carbocycles. The molecule has 0 aromatic carbocycles. The lowest BCUT2D eigenvalue weighted by molar-refractivity contribution is 0.149. The van der Waals surface area contributed by atoms with Crippen LogP contribution < -0.4 is 0 Å². The van der Waals surface area contributed by atoms with Gasteiger partial charge in [-0.05, 0) is 50.6 Å². The van der Waals surface area contributed by atoms with Gasteiger partial charge in [-0.25, -0.2) is 0 Å². The van der Waals surface area contributed by atoms with Crippen LogP contribution in [0.3, 0.4) is 0 Å². The standard InChI is InChI=1S/C16H33N/c1-4-7-15-10-12-17(13-11-15)14-16(8-5-2)9-6-3/h15-16H,4-14H2,1-3H3. The molecule has 0 atom stereocenters. The van der Waals surface area contributed by atoms with Crippen molar-refractivity contribution in [1.29, 1.82) is 0 Å². The summed E-state index contributed by atoms with van der Waals surface area (Å²) < 4.78 is 0. The molecule has 0 unspecified atom stereocenters. The van der Waals surface area contributed by atoms with E-state index in [1.165, 1.54) is 71.0 Å². The van der Waals surface area contributed by atoms with Crippen LogP contribution in [0.1, 0.15) is 72.1 Å². The predicted octanol–water partition coefficient (Wildman–Crippen LogP) is 4.71. The van der Waals surface area contributed by atoms with E-state index >= 15 is 0 Å². The first kappa shape index (κ1) is 15.0. The Kier molecular flexibility index (Phi) is 7.92. The molecule has 0 aromatic rings. The van der Waals surface area contributed by atoms with Gasteiger partial charge in [-0.1, -0.05) is 46.5 Å². The van der Waals surface area contributed by atoms with Gasteiger partial charge >= 0.3 is 0 Å². The van der Waals surface area contributed by atoms with Crippen molar-refractivity contribution >= 4 is 0 Å². The average molecular weight is 239 g/mol. The Labute approximate surface area is 109 Å². The van der Waals surface area contributed by atoms with Crippen LogP contribution >= 0.6 is 0 Å². The van der Waals surface area contributed by atoms with E-state index in [1.54, 1.807) is 0 Å². The smallest absolute Gasteiger partial charge is 0.000966 e. The minimum atomic E-state index is 0.965. The fraction of sp³-hybridized carbons (Fsp3) is 1.00. The first-order chi connectivity index (χ1) is 8.30. The second-order valence-corrected chi connectivity index (χ2v) is 5.98. The maximum Gasteiger partial charge on any atom is 0.000966 e. The van der Waals surface area contributed by atoms with Gasteiger partial charge in [0.1, 0.15) is 0 Å². The number of piperidine rings is 1. The molecule has 0 spiro atoms. The Morgan fingerprint density at radius 3 is 2.00 bits per heavy atom. The van der Waals surface area contributed by atoms with Crippen LogP contribution in [-0.4, -0.2) is 24.5 Å². The molecule has 17 heavy (non-hydrogen) atoms. The summed E-state index contributed by atoms with van der Waals surface area (Å²) in [6.45, 7) is 11.1. The van der Waals surface area contributed by atoms with E-state index < -0.39 is 0 Å². The van der Waals surface area contributed by atoms with Crippen LogP contribution in [0.4, 0.5) is 0 Å². The Balaban J connectivity index is 2.22. The zero-order valence-corrected chi connectivity index (χ0v) is 12.4. The molecule has 1 fully saturated rings. The summed E-state index contributed by atoms with van der Waals surface area (Å²) in [5.74, 6) is 2.00. The van der Waals surface area contributed by atoms with Gasteiger partial charge in [0.15, 0.2) is 0 Å². The van der Waals surface area contributed by atoms with Crippen LogP contribution in [0.5, 0.6) is 0 Å². The van der Waals surface area contributed by atoms with Crippen molar-refractivity contribution in [2.75, 3.05) is 19.6 Å². The summed E-state index contributed by atoms with van der Waals surface area (Å²) >= 11 is 0. The minimum Gasteiger partial charge on any atom is -0.303 e. The quantitative estimate of drug-likeness (QED) is 0.592. The second-order valence-electron chi connectivity index (χ2n) is 5.98. The molecule has 0 bridgehead atoms. The van der Waals surface area contributed by atoms with Crippen molar-refractivity contribution in [3.05, 3.63) is 0 Å². The van der Waals surface area contributed by atoms with Gasteiger partial charge in [-0.3, -0.25) is 0 Å². The number of hydrogen-bond donors (Lipinski definition) is 0. The van der Waals surface area contributed by atoms with Gasteiger partial charge in [-0.15, -0.1) is 0 Å². The summed E-state index contributed by atoms with van der Waals surface area (Å²) in [5, 5.41) is 0. The molecule has 0 radical (unpaired) electrons. The lowest BCUT2D eigenvalue weighted by atomic mass is 9.91. The number of likely N-dealkylation sites (tertiary alicyclic amines) is 1. The zero-order chi connectivity index (χ0) is 12.5. The average Bonchev–Trinajstić information content (AvgIpc) is 2.33. The Bertz CT molecular complexity index is 164. The van der Waals surface area contributed by atoms with E-state index in [9.17, 15) is 0 Å². The van der Waals surface area contributed by atoms with E-state index in [0.717, 1.165) is 11.8 Å². The van der Waals surface area contributed by atoms with Gasteiger partial charge < -0.3 is 4.90 Å². The molecule has 0 aromatic heterocycles. The summed E-state index contributed by atoms with van der Waals surface area (Å²) in [5.41, 5.74) is 0. The van der Waals surface area contributed by atoms with E-state index in [-0.39, 0.29) is 0 Å². The Morgan fingerprint density at radius 1 is 0.941 bits per heavy atom. The predicted molar refractivity (Wildman–Crippen MR) is 77.4 cm³/mol. The van der Waals surface area contributed by atoms with Crippen LogP contribution in [-0.2, 0) is 0 Å². The Hall–Kier alpha value is -0.0400. The Morgan fingerprint density at radius 2 is 1.53 bits per heavy atom. The van der Waals surface area contributed by atoms with Gasteiger partial charge in [0.05, 0.1) is 0 Å². The fourth-order valence-electron chi connectivity index (χ4n) is 3.37. The number of hydrogen-bond acceptors (Lipinski definition) is 1. The SMILES string of the molecule is CCCC1CCN(CC(CCC)CCC)CC1. The number of nitrogens with zero attached hydrogens (tertiary/aromatic N) is 1. The van der Waals surface area contributed by atoms with Crippen molar-refractivity contribution in [2.24, 2.45) is 11.8 Å². The van der Waals surface area contributed by atoms with Crippen molar-refractivity contribution < 1.29 is 0 Å². The molecule has 0 N–H and O–H groups in total. The highest BCUT2D eigenvalue weighted by molar-refractivity contribution is 4.74. The third-order valence-electron chi connectivity index (χ3n) is 4.31. The molecule has 1 aliphatic rings. The number of rotatable bonds is 8. The molecule has 1 heterocycles. The molecule has 1 saturated heterocycles. The first-order valence-corrected chi connectivity index (χ1v) is 8.02. The normalized spacial score (nSPS) is 19.1. The molecule has 0 amide bonds. The maximum atomic E-state index is 2.74. The van der Waals surface area contributed by atoms with Crippen molar-refractivity contribution in [3.8, 4) is 0 Å². The summed E-state index contributed by atoms with van der Waals surface area (Å²) in [6, 6.07) is 0. The summed E-state index contributed by atoms with van der Waals surface area (Å²) in [7, 11) is 0. The molecule has 0 saturated carbocycles. The van der Waals surface area contributed by atoms with Crippen molar-refractivity contribution in [3.63, 3.8) is 0 Å².